The van der Waals surface area contributed by atoms with Gasteiger partial charge in [0.2, 0.25) is 0 Å². The highest BCUT2D eigenvalue weighted by molar-refractivity contribution is 5.84. The van der Waals surface area contributed by atoms with Crippen LogP contribution in [-0.4, -0.2) is 31.2 Å². The number of carbonyl (C=O) groups excluding carboxylic acids is 1. The normalized spacial score (nSPS) is 14.3. The molecule has 0 bridgehead atoms. The quantitative estimate of drug-likeness (QED) is 0.216. The number of para-hydroxylation sites is 1. The zero-order chi connectivity index (χ0) is 28.6. The van der Waals surface area contributed by atoms with Gasteiger partial charge in [-0.3, -0.25) is 4.57 Å². The summed E-state index contributed by atoms with van der Waals surface area (Å²) in [5, 5.41) is 6.51. The molecule has 0 unspecified atom stereocenters. The summed E-state index contributed by atoms with van der Waals surface area (Å²) >= 11 is 0. The van der Waals surface area contributed by atoms with Gasteiger partial charge in [-0.05, 0) is 94.1 Å². The van der Waals surface area contributed by atoms with Crippen molar-refractivity contribution in [3.8, 4) is 17.1 Å². The molecule has 6 rings (SSSR count). The number of ether oxygens (including phenoxy) is 1. The maximum Gasteiger partial charge on any atom is 0.408 e. The van der Waals surface area contributed by atoms with Crippen LogP contribution < -0.4 is 16.4 Å². The molecule has 0 saturated heterocycles. The molecule has 0 atom stereocenters. The van der Waals surface area contributed by atoms with Gasteiger partial charge in [-0.25, -0.2) is 19.7 Å². The molecular weight excluding hydrogens is 514 g/mol. The highest BCUT2D eigenvalue weighted by Crippen LogP contribution is 2.42. The summed E-state index contributed by atoms with van der Waals surface area (Å²) in [5.41, 5.74) is 10.3. The molecule has 1 amide bonds. The standard InChI is InChI=1S/C32H33N7O2/c1-31(2,3)41-30(40)38-32(18-8-19-32)21-12-14-23(15-13-21)39-28(24-11-7-20-34-27(24)33)36-25-16-17-26(37-29(25)39)35-22-9-5-4-6-10-22/h4-7,9-17,20H,8,18-19H2,1-3H3,(H2,33,34)(H,35,37)(H,38,40). The Morgan fingerprint density at radius 3 is 2.37 bits per heavy atom. The van der Waals surface area contributed by atoms with Gasteiger partial charge in [-0.1, -0.05) is 30.3 Å². The zero-order valence-electron chi connectivity index (χ0n) is 23.4. The van der Waals surface area contributed by atoms with Gasteiger partial charge in [0.05, 0.1) is 11.1 Å². The number of rotatable bonds is 6. The average molecular weight is 548 g/mol. The number of nitrogens with two attached hydrogens (primary N) is 1. The van der Waals surface area contributed by atoms with Crippen LogP contribution >= 0.6 is 0 Å². The van der Waals surface area contributed by atoms with E-state index in [1.54, 1.807) is 6.20 Å². The lowest BCUT2D eigenvalue weighted by Gasteiger charge is -2.43. The van der Waals surface area contributed by atoms with Gasteiger partial charge in [0.1, 0.15) is 22.8 Å². The first-order valence-corrected chi connectivity index (χ1v) is 13.8. The average Bonchev–Trinajstić information content (AvgIpc) is 3.29. The molecular formula is C32H33N7O2. The summed E-state index contributed by atoms with van der Waals surface area (Å²) in [4.78, 5) is 26.8. The number of nitrogens with one attached hydrogen (secondary N) is 2. The SMILES string of the molecule is CC(C)(C)OC(=O)NC1(c2ccc(-n3c(-c4cccnc4N)nc4ccc(Nc5ccccc5)nc43)cc2)CCC1. The summed E-state index contributed by atoms with van der Waals surface area (Å²) in [6.07, 6.45) is 4.00. The van der Waals surface area contributed by atoms with Gasteiger partial charge in [0.25, 0.3) is 0 Å². The Kier molecular flexibility index (Phi) is 6.57. The number of imidazole rings is 1. The van der Waals surface area contributed by atoms with Crippen LogP contribution in [0.3, 0.4) is 0 Å². The molecule has 0 aliphatic heterocycles. The molecule has 208 valence electrons. The van der Waals surface area contributed by atoms with Gasteiger partial charge in [-0.15, -0.1) is 0 Å². The molecule has 3 heterocycles. The fourth-order valence-electron chi connectivity index (χ4n) is 5.17. The predicted octanol–water partition coefficient (Wildman–Crippen LogP) is 6.71. The number of carbonyl (C=O) groups is 1. The summed E-state index contributed by atoms with van der Waals surface area (Å²) in [6, 6.07) is 25.7. The summed E-state index contributed by atoms with van der Waals surface area (Å²) < 4.78 is 7.55. The number of benzene rings is 2. The molecule has 0 radical (unpaired) electrons. The Labute approximate surface area is 238 Å². The molecule has 0 spiro atoms. The molecule has 9 nitrogen and oxygen atoms in total. The minimum Gasteiger partial charge on any atom is -0.444 e. The van der Waals surface area contributed by atoms with E-state index in [4.69, 9.17) is 20.4 Å². The van der Waals surface area contributed by atoms with Crippen LogP contribution in [0.1, 0.15) is 45.6 Å². The Morgan fingerprint density at radius 1 is 0.951 bits per heavy atom. The zero-order valence-corrected chi connectivity index (χ0v) is 23.4. The number of alkyl carbamates (subject to hydrolysis) is 1. The number of aromatic nitrogens is 4. The lowest BCUT2D eigenvalue weighted by atomic mass is 9.72. The van der Waals surface area contributed by atoms with Crippen molar-refractivity contribution in [1.82, 2.24) is 24.8 Å². The van der Waals surface area contributed by atoms with Crippen LogP contribution in [0.25, 0.3) is 28.2 Å². The summed E-state index contributed by atoms with van der Waals surface area (Å²) in [7, 11) is 0. The van der Waals surface area contributed by atoms with E-state index in [2.05, 4.69) is 27.8 Å². The minimum atomic E-state index is -0.562. The maximum atomic E-state index is 12.7. The smallest absolute Gasteiger partial charge is 0.408 e. The Hall–Kier alpha value is -4.92. The van der Waals surface area contributed by atoms with E-state index in [1.807, 2.05) is 92.1 Å². The lowest BCUT2D eigenvalue weighted by Crippen LogP contribution is -2.52. The van der Waals surface area contributed by atoms with Gasteiger partial charge < -0.3 is 21.1 Å². The van der Waals surface area contributed by atoms with Crippen LogP contribution in [0.4, 0.5) is 22.1 Å². The van der Waals surface area contributed by atoms with Crippen molar-refractivity contribution in [3.05, 3.63) is 90.6 Å². The lowest BCUT2D eigenvalue weighted by molar-refractivity contribution is 0.0377. The summed E-state index contributed by atoms with van der Waals surface area (Å²) in [6.45, 7) is 5.60. The van der Waals surface area contributed by atoms with Gasteiger partial charge in [-0.2, -0.15) is 0 Å². The second-order valence-corrected chi connectivity index (χ2v) is 11.3. The van der Waals surface area contributed by atoms with E-state index < -0.39 is 17.2 Å². The number of fused-ring (bicyclic) bond motifs is 1. The predicted molar refractivity (Wildman–Crippen MR) is 161 cm³/mol. The molecule has 1 aliphatic carbocycles. The Bertz CT molecular complexity index is 1700. The van der Waals surface area contributed by atoms with Gasteiger partial charge in [0.15, 0.2) is 11.5 Å². The number of nitrogen functional groups attached to an aromatic ring is 1. The maximum absolute atomic E-state index is 12.7. The first-order valence-electron chi connectivity index (χ1n) is 13.8. The molecule has 41 heavy (non-hydrogen) atoms. The Balaban J connectivity index is 1.41. The minimum absolute atomic E-state index is 0.387. The summed E-state index contributed by atoms with van der Waals surface area (Å²) in [5.74, 6) is 1.73. The number of anilines is 3. The number of hydrogen-bond acceptors (Lipinski definition) is 7. The van der Waals surface area contributed by atoms with E-state index >= 15 is 0 Å². The van der Waals surface area contributed by atoms with E-state index in [0.717, 1.165) is 41.7 Å². The number of nitrogens with zero attached hydrogens (tertiary/aromatic N) is 4. The van der Waals surface area contributed by atoms with Crippen molar-refractivity contribution in [2.24, 2.45) is 0 Å². The topological polar surface area (TPSA) is 120 Å². The van der Waals surface area contributed by atoms with Crippen molar-refractivity contribution >= 4 is 34.6 Å². The van der Waals surface area contributed by atoms with Crippen molar-refractivity contribution < 1.29 is 9.53 Å². The largest absolute Gasteiger partial charge is 0.444 e. The monoisotopic (exact) mass is 547 g/mol. The molecule has 1 fully saturated rings. The van der Waals surface area contributed by atoms with Crippen molar-refractivity contribution in [1.29, 1.82) is 0 Å². The van der Waals surface area contributed by atoms with Crippen LogP contribution in [0, 0.1) is 0 Å². The van der Waals surface area contributed by atoms with E-state index in [1.165, 1.54) is 0 Å². The first kappa shape index (κ1) is 26.3. The van der Waals surface area contributed by atoms with Gasteiger partial charge >= 0.3 is 6.09 Å². The van der Waals surface area contributed by atoms with Crippen molar-refractivity contribution in [2.75, 3.05) is 11.1 Å². The number of pyridine rings is 2. The van der Waals surface area contributed by atoms with Crippen LogP contribution in [0.2, 0.25) is 0 Å². The van der Waals surface area contributed by atoms with Gasteiger partial charge in [0, 0.05) is 17.6 Å². The van der Waals surface area contributed by atoms with E-state index in [0.29, 0.717) is 28.7 Å². The highest BCUT2D eigenvalue weighted by Gasteiger charge is 2.41. The molecule has 3 aromatic heterocycles. The molecule has 4 N–H and O–H groups in total. The first-order chi connectivity index (χ1) is 19.7. The number of amides is 1. The highest BCUT2D eigenvalue weighted by atomic mass is 16.6. The number of hydrogen-bond donors (Lipinski definition) is 3. The van der Waals surface area contributed by atoms with Crippen LogP contribution in [0.15, 0.2) is 85.1 Å². The molecule has 1 saturated carbocycles. The molecule has 1 aliphatic rings. The van der Waals surface area contributed by atoms with Crippen LogP contribution in [0.5, 0.6) is 0 Å². The molecule has 9 heteroatoms. The third kappa shape index (κ3) is 5.30. The fourth-order valence-corrected chi connectivity index (χ4v) is 5.17. The fraction of sp³-hybridized carbons (Fsp3) is 0.250. The van der Waals surface area contributed by atoms with Crippen LogP contribution in [-0.2, 0) is 10.3 Å². The van der Waals surface area contributed by atoms with E-state index in [9.17, 15) is 4.79 Å². The third-order valence-corrected chi connectivity index (χ3v) is 7.26. The molecule has 2 aromatic carbocycles. The Morgan fingerprint density at radius 2 is 1.71 bits per heavy atom. The van der Waals surface area contributed by atoms with E-state index in [-0.39, 0.29) is 0 Å². The second kappa shape index (κ2) is 10.2. The molecule has 5 aromatic rings. The second-order valence-electron chi connectivity index (χ2n) is 11.3. The van der Waals surface area contributed by atoms with Crippen molar-refractivity contribution in [2.45, 2.75) is 51.2 Å². The third-order valence-electron chi connectivity index (χ3n) is 7.26. The van der Waals surface area contributed by atoms with Crippen molar-refractivity contribution in [3.63, 3.8) is 0 Å².